The number of hydrogen-bond acceptors (Lipinski definition) is 4. The molecule has 20 heavy (non-hydrogen) atoms. The fourth-order valence-corrected chi connectivity index (χ4v) is 2.67. The minimum Gasteiger partial charge on any atom is -0.218 e. The number of nitrogens with zero attached hydrogens (tertiary/aromatic N) is 2. The van der Waals surface area contributed by atoms with E-state index in [9.17, 15) is 13.2 Å². The quantitative estimate of drug-likeness (QED) is 0.466. The summed E-state index contributed by atoms with van der Waals surface area (Å²) in [5, 5.41) is 0.412. The molecule has 0 fully saturated rings. The minimum atomic E-state index is -4.46. The van der Waals surface area contributed by atoms with Gasteiger partial charge >= 0.3 is 6.18 Å². The van der Waals surface area contributed by atoms with Gasteiger partial charge in [-0.25, -0.2) is 9.97 Å². The van der Waals surface area contributed by atoms with Gasteiger partial charge in [-0.2, -0.15) is 13.2 Å². The number of thioether (sulfide) groups is 1. The van der Waals surface area contributed by atoms with E-state index in [1.165, 1.54) is 11.8 Å². The van der Waals surface area contributed by atoms with Gasteiger partial charge in [-0.1, -0.05) is 41.2 Å². The maximum absolute atomic E-state index is 12.8. The van der Waals surface area contributed by atoms with Crippen LogP contribution in [0.15, 0.2) is 45.4 Å². The van der Waals surface area contributed by atoms with Crippen molar-refractivity contribution in [3.8, 4) is 0 Å². The molecule has 1 heterocycles. The summed E-state index contributed by atoms with van der Waals surface area (Å²) < 4.78 is 38.3. The van der Waals surface area contributed by atoms with E-state index in [2.05, 4.69) is 9.97 Å². The molecule has 0 aliphatic carbocycles. The van der Waals surface area contributed by atoms with Crippen molar-refractivity contribution in [1.82, 2.24) is 9.97 Å². The van der Waals surface area contributed by atoms with Crippen LogP contribution in [0.4, 0.5) is 13.2 Å². The maximum atomic E-state index is 12.8. The second-order valence-corrected chi connectivity index (χ2v) is 5.86. The molecule has 0 atom stereocenters. The van der Waals surface area contributed by atoms with Gasteiger partial charge in [0.1, 0.15) is 10.7 Å². The lowest BCUT2D eigenvalue weighted by molar-refractivity contribution is -0.141. The van der Waals surface area contributed by atoms with Crippen LogP contribution < -0.4 is 0 Å². The molecule has 2 nitrogen and oxygen atoms in total. The van der Waals surface area contributed by atoms with E-state index in [4.69, 9.17) is 0 Å². The molecular weight excluding hydrogens is 305 g/mol. The lowest BCUT2D eigenvalue weighted by Gasteiger charge is -2.09. The lowest BCUT2D eigenvalue weighted by atomic mass is 10.2. The summed E-state index contributed by atoms with van der Waals surface area (Å²) in [5.74, 6) is 0. The fraction of sp³-hybridized carbons (Fsp3) is 0.231. The highest BCUT2D eigenvalue weighted by Crippen LogP contribution is 2.33. The van der Waals surface area contributed by atoms with Gasteiger partial charge < -0.3 is 0 Å². The van der Waals surface area contributed by atoms with E-state index >= 15 is 0 Å². The van der Waals surface area contributed by atoms with Crippen molar-refractivity contribution in [1.29, 1.82) is 0 Å². The Balaban J connectivity index is 2.33. The molecule has 0 N–H and O–H groups in total. The molecular formula is C13H11F3N2S2. The third kappa shape index (κ3) is 3.89. The Morgan fingerprint density at radius 1 is 1.05 bits per heavy atom. The van der Waals surface area contributed by atoms with Crippen molar-refractivity contribution < 1.29 is 13.2 Å². The number of halogens is 3. The maximum Gasteiger partial charge on any atom is 0.433 e. The highest BCUT2D eigenvalue weighted by Gasteiger charge is 2.33. The Bertz CT molecular complexity index is 598. The Hall–Kier alpha value is -1.21. The fourth-order valence-electron chi connectivity index (χ4n) is 1.42. The second kappa shape index (κ2) is 6.05. The van der Waals surface area contributed by atoms with Crippen LogP contribution in [0.25, 0.3) is 0 Å². The van der Waals surface area contributed by atoms with E-state index < -0.39 is 11.9 Å². The van der Waals surface area contributed by atoms with Crippen LogP contribution in [0, 0.1) is 6.92 Å². The summed E-state index contributed by atoms with van der Waals surface area (Å²) in [4.78, 5) is 8.43. The van der Waals surface area contributed by atoms with Crippen molar-refractivity contribution in [2.24, 2.45) is 0 Å². The summed E-state index contributed by atoms with van der Waals surface area (Å²) in [6.45, 7) is 1.95. The van der Waals surface area contributed by atoms with Gasteiger partial charge in [-0.15, -0.1) is 0 Å². The van der Waals surface area contributed by atoms with Gasteiger partial charge in [-0.3, -0.25) is 0 Å². The first-order valence-electron chi connectivity index (χ1n) is 5.63. The summed E-state index contributed by atoms with van der Waals surface area (Å²) in [6.07, 6.45) is -2.81. The molecule has 2 aromatic rings. The zero-order valence-corrected chi connectivity index (χ0v) is 12.4. The molecule has 0 saturated heterocycles. The Morgan fingerprint density at radius 2 is 1.70 bits per heavy atom. The third-order valence-electron chi connectivity index (χ3n) is 2.40. The highest BCUT2D eigenvalue weighted by molar-refractivity contribution is 7.99. The second-order valence-electron chi connectivity index (χ2n) is 3.99. The summed E-state index contributed by atoms with van der Waals surface area (Å²) >= 11 is 2.28. The lowest BCUT2D eigenvalue weighted by Crippen LogP contribution is -2.09. The van der Waals surface area contributed by atoms with Gasteiger partial charge in [0.25, 0.3) is 0 Å². The van der Waals surface area contributed by atoms with Crippen molar-refractivity contribution in [3.05, 3.63) is 41.6 Å². The molecule has 0 spiro atoms. The van der Waals surface area contributed by atoms with Crippen molar-refractivity contribution in [2.45, 2.75) is 28.2 Å². The molecule has 0 aliphatic rings. The topological polar surface area (TPSA) is 25.8 Å². The van der Waals surface area contributed by atoms with Gasteiger partial charge in [0.15, 0.2) is 5.16 Å². The molecule has 106 valence electrons. The molecule has 0 radical (unpaired) electrons. The first-order chi connectivity index (χ1) is 9.38. The number of aromatic nitrogens is 2. The molecule has 1 aromatic heterocycles. The van der Waals surface area contributed by atoms with Gasteiger partial charge in [0.2, 0.25) is 0 Å². The minimum absolute atomic E-state index is 0.120. The SMILES string of the molecule is CSc1nc(Sc2ccc(C)cc2)cc(C(F)(F)F)n1. The molecule has 0 bridgehead atoms. The largest absolute Gasteiger partial charge is 0.433 e. The number of rotatable bonds is 3. The Morgan fingerprint density at radius 3 is 2.25 bits per heavy atom. The predicted octanol–water partition coefficient (Wildman–Crippen LogP) is 4.68. The summed E-state index contributed by atoms with van der Waals surface area (Å²) in [7, 11) is 0. The first-order valence-corrected chi connectivity index (χ1v) is 7.67. The van der Waals surface area contributed by atoms with Crippen LogP contribution in [0.2, 0.25) is 0 Å². The number of aryl methyl sites for hydroxylation is 1. The molecule has 7 heteroatoms. The van der Waals surface area contributed by atoms with Gasteiger partial charge in [0.05, 0.1) is 0 Å². The van der Waals surface area contributed by atoms with E-state index in [1.807, 2.05) is 31.2 Å². The van der Waals surface area contributed by atoms with Crippen LogP contribution in [-0.2, 0) is 6.18 Å². The number of hydrogen-bond donors (Lipinski definition) is 0. The molecule has 0 saturated carbocycles. The summed E-state index contributed by atoms with van der Waals surface area (Å²) in [5.41, 5.74) is 0.185. The first kappa shape index (κ1) is 15.2. The monoisotopic (exact) mass is 316 g/mol. The predicted molar refractivity (Wildman–Crippen MR) is 74.1 cm³/mol. The average Bonchev–Trinajstić information content (AvgIpc) is 2.40. The highest BCUT2D eigenvalue weighted by atomic mass is 32.2. The Labute approximate surface area is 123 Å². The Kier molecular flexibility index (Phi) is 4.59. The van der Waals surface area contributed by atoms with E-state index in [-0.39, 0.29) is 5.16 Å². The standard InChI is InChI=1S/C13H11F3N2S2/c1-8-3-5-9(6-4-8)20-11-7-10(13(14,15)16)17-12(18-11)19-2/h3-7H,1-2H3. The van der Waals surface area contributed by atoms with Crippen LogP contribution in [0.1, 0.15) is 11.3 Å². The molecule has 0 amide bonds. The van der Waals surface area contributed by atoms with Crippen LogP contribution >= 0.6 is 23.5 Å². The zero-order valence-electron chi connectivity index (χ0n) is 10.7. The van der Waals surface area contributed by atoms with Crippen molar-refractivity contribution in [3.63, 3.8) is 0 Å². The van der Waals surface area contributed by atoms with Crippen LogP contribution in [-0.4, -0.2) is 16.2 Å². The normalized spacial score (nSPS) is 11.7. The van der Waals surface area contributed by atoms with Crippen molar-refractivity contribution in [2.75, 3.05) is 6.26 Å². The average molecular weight is 316 g/mol. The molecule has 2 rings (SSSR count). The van der Waals surface area contributed by atoms with E-state index in [1.54, 1.807) is 6.26 Å². The molecule has 1 aromatic carbocycles. The third-order valence-corrected chi connectivity index (χ3v) is 3.87. The van der Waals surface area contributed by atoms with E-state index in [0.717, 1.165) is 28.3 Å². The van der Waals surface area contributed by atoms with Crippen molar-refractivity contribution >= 4 is 23.5 Å². The zero-order chi connectivity index (χ0) is 14.8. The molecule has 0 aliphatic heterocycles. The van der Waals surface area contributed by atoms with E-state index in [0.29, 0.717) is 5.03 Å². The van der Waals surface area contributed by atoms with Crippen LogP contribution in [0.3, 0.4) is 0 Å². The van der Waals surface area contributed by atoms with Crippen LogP contribution in [0.5, 0.6) is 0 Å². The molecule has 0 unspecified atom stereocenters. The van der Waals surface area contributed by atoms with Gasteiger partial charge in [0, 0.05) is 11.0 Å². The smallest absolute Gasteiger partial charge is 0.218 e. The number of benzene rings is 1. The number of alkyl halides is 3. The summed E-state index contributed by atoms with van der Waals surface area (Å²) in [6, 6.07) is 8.50. The van der Waals surface area contributed by atoms with Gasteiger partial charge in [-0.05, 0) is 25.3 Å².